The second kappa shape index (κ2) is 46.3. The Kier molecular flexibility index (Phi) is 43.9. The zero-order valence-corrected chi connectivity index (χ0v) is 41.6. The van der Waals surface area contributed by atoms with Gasteiger partial charge in [0.05, 0.1) is 40.3 Å². The van der Waals surface area contributed by atoms with E-state index in [4.69, 9.17) is 18.9 Å². The summed E-state index contributed by atoms with van der Waals surface area (Å²) in [7, 11) is 5.90. The van der Waals surface area contributed by atoms with Crippen LogP contribution in [0.3, 0.4) is 0 Å². The van der Waals surface area contributed by atoms with Crippen molar-refractivity contribution in [1.82, 2.24) is 0 Å². The zero-order chi connectivity index (χ0) is 47.0. The van der Waals surface area contributed by atoms with Crippen molar-refractivity contribution in [3.8, 4) is 0 Å². The van der Waals surface area contributed by atoms with Gasteiger partial charge >= 0.3 is 11.9 Å². The molecule has 0 rings (SSSR count). The van der Waals surface area contributed by atoms with E-state index in [0.717, 1.165) is 96.3 Å². The molecule has 0 amide bonds. The van der Waals surface area contributed by atoms with Crippen LogP contribution in [0.1, 0.15) is 200 Å². The number of carboxylic acids is 1. The number of nitrogens with zero attached hydrogens (tertiary/aromatic N) is 1. The van der Waals surface area contributed by atoms with Gasteiger partial charge in [0.25, 0.3) is 0 Å². The molecule has 0 bridgehead atoms. The van der Waals surface area contributed by atoms with Gasteiger partial charge in [-0.15, -0.1) is 0 Å². The first-order chi connectivity index (χ1) is 31.1. The number of hydrogen-bond donors (Lipinski definition) is 0. The molecule has 0 aromatic heterocycles. The highest BCUT2D eigenvalue weighted by Crippen LogP contribution is 2.14. The maximum atomic E-state index is 12.8. The number of allylic oxidation sites excluding steroid dienone is 12. The van der Waals surface area contributed by atoms with Gasteiger partial charge in [0.15, 0.2) is 12.4 Å². The van der Waals surface area contributed by atoms with Crippen molar-refractivity contribution >= 4 is 17.9 Å². The fourth-order valence-electron chi connectivity index (χ4n) is 6.73. The average molecular weight is 898 g/mol. The lowest BCUT2D eigenvalue weighted by Gasteiger charge is -2.26. The summed E-state index contributed by atoms with van der Waals surface area (Å²) >= 11 is 0. The molecule has 9 nitrogen and oxygen atoms in total. The van der Waals surface area contributed by atoms with Crippen LogP contribution < -0.4 is 5.11 Å². The maximum absolute atomic E-state index is 12.8. The molecule has 0 aromatic carbocycles. The normalized spacial score (nSPS) is 13.5. The van der Waals surface area contributed by atoms with E-state index in [1.807, 2.05) is 21.1 Å². The highest BCUT2D eigenvalue weighted by molar-refractivity contribution is 5.70. The molecule has 0 saturated carbocycles. The number of carboxylic acid groups (broad SMARTS) is 1. The van der Waals surface area contributed by atoms with Crippen LogP contribution in [0.4, 0.5) is 0 Å². The molecule has 9 heteroatoms. The lowest BCUT2D eigenvalue weighted by molar-refractivity contribution is -0.870. The summed E-state index contributed by atoms with van der Waals surface area (Å²) in [6, 6.07) is 0. The Morgan fingerprint density at radius 1 is 0.484 bits per heavy atom. The van der Waals surface area contributed by atoms with E-state index in [2.05, 4.69) is 86.8 Å². The number of hydrogen-bond acceptors (Lipinski definition) is 8. The first kappa shape index (κ1) is 60.7. The van der Waals surface area contributed by atoms with Gasteiger partial charge < -0.3 is 33.3 Å². The van der Waals surface area contributed by atoms with Gasteiger partial charge in [-0.25, -0.2) is 0 Å². The Hall–Kier alpha value is -3.27. The Balaban J connectivity index is 4.36. The van der Waals surface area contributed by atoms with E-state index < -0.39 is 24.3 Å². The van der Waals surface area contributed by atoms with Crippen molar-refractivity contribution in [1.29, 1.82) is 0 Å². The van der Waals surface area contributed by atoms with Gasteiger partial charge in [-0.2, -0.15) is 0 Å². The molecule has 0 aliphatic heterocycles. The van der Waals surface area contributed by atoms with Crippen LogP contribution in [0.2, 0.25) is 0 Å². The molecule has 0 N–H and O–H groups in total. The predicted molar refractivity (Wildman–Crippen MR) is 265 cm³/mol. The summed E-state index contributed by atoms with van der Waals surface area (Å²) in [5.74, 6) is -2.31. The van der Waals surface area contributed by atoms with Crippen LogP contribution in [0.15, 0.2) is 72.9 Å². The highest BCUT2D eigenvalue weighted by atomic mass is 16.7. The summed E-state index contributed by atoms with van der Waals surface area (Å²) in [4.78, 5) is 37.1. The first-order valence-electron chi connectivity index (χ1n) is 25.6. The SMILES string of the molecule is CC/C=C\C/C=C\C/C=C\C/C=C\CCCCCCCCCCCCC(=O)OC(COC(=O)CCCCCCC/C=C\C/C=C\CCCCCC)COC(OCC[N+](C)(C)C)C(=O)[O-]. The fraction of sp³-hybridized carbons (Fsp3) is 0.727. The number of carbonyl (C=O) groups is 3. The monoisotopic (exact) mass is 898 g/mol. The van der Waals surface area contributed by atoms with Crippen molar-refractivity contribution in [2.24, 2.45) is 0 Å². The molecule has 0 aromatic rings. The standard InChI is InChI=1S/C55H95NO8/c1-6-8-10-12-14-16-18-20-22-24-25-26-27-28-29-30-32-34-36-38-40-42-44-46-53(58)64-51(50-63-55(54(59)60)61-48-47-56(3,4)5)49-62-52(57)45-43-41-39-37-35-33-31-23-21-19-17-15-13-11-9-7-2/h8,10,14,16-17,19-20,22-23,25-26,31,51,55H,6-7,9,11-13,15,18,21,24,27-30,32-50H2,1-5H3/b10-8-,16-14-,19-17-,22-20-,26-25-,31-23-. The maximum Gasteiger partial charge on any atom is 0.306 e. The third-order valence-electron chi connectivity index (χ3n) is 10.7. The van der Waals surface area contributed by atoms with Crippen LogP contribution in [-0.2, 0) is 33.3 Å². The van der Waals surface area contributed by atoms with Crippen LogP contribution in [0, 0.1) is 0 Å². The van der Waals surface area contributed by atoms with Crippen LogP contribution in [0.5, 0.6) is 0 Å². The minimum atomic E-state index is -1.63. The van der Waals surface area contributed by atoms with E-state index in [1.54, 1.807) is 0 Å². The predicted octanol–water partition coefficient (Wildman–Crippen LogP) is 12.9. The van der Waals surface area contributed by atoms with E-state index in [-0.39, 0.29) is 38.6 Å². The Bertz CT molecular complexity index is 1280. The van der Waals surface area contributed by atoms with Crippen molar-refractivity contribution in [3.63, 3.8) is 0 Å². The van der Waals surface area contributed by atoms with E-state index in [0.29, 0.717) is 17.4 Å². The number of aliphatic carboxylic acids is 1. The number of unbranched alkanes of at least 4 members (excludes halogenated alkanes) is 19. The van der Waals surface area contributed by atoms with E-state index >= 15 is 0 Å². The minimum Gasteiger partial charge on any atom is -0.545 e. The Morgan fingerprint density at radius 3 is 1.33 bits per heavy atom. The van der Waals surface area contributed by atoms with Gasteiger partial charge in [-0.3, -0.25) is 9.59 Å². The van der Waals surface area contributed by atoms with Crippen molar-refractivity contribution in [2.45, 2.75) is 212 Å². The van der Waals surface area contributed by atoms with Crippen LogP contribution in [0.25, 0.3) is 0 Å². The largest absolute Gasteiger partial charge is 0.545 e. The third-order valence-corrected chi connectivity index (χ3v) is 10.7. The first-order valence-corrected chi connectivity index (χ1v) is 25.6. The Morgan fingerprint density at radius 2 is 0.891 bits per heavy atom. The molecule has 0 heterocycles. The summed E-state index contributed by atoms with van der Waals surface area (Å²) in [6.07, 6.45) is 55.0. The van der Waals surface area contributed by atoms with Crippen molar-refractivity contribution < 1.29 is 42.9 Å². The van der Waals surface area contributed by atoms with Gasteiger partial charge in [0.2, 0.25) is 0 Å². The summed E-state index contributed by atoms with van der Waals surface area (Å²) in [6.45, 7) is 4.59. The highest BCUT2D eigenvalue weighted by Gasteiger charge is 2.21. The van der Waals surface area contributed by atoms with Crippen LogP contribution in [-0.4, -0.2) is 82.3 Å². The lowest BCUT2D eigenvalue weighted by Crippen LogP contribution is -2.44. The van der Waals surface area contributed by atoms with Gasteiger partial charge in [-0.1, -0.05) is 177 Å². The molecule has 64 heavy (non-hydrogen) atoms. The molecule has 2 unspecified atom stereocenters. The second-order valence-electron chi connectivity index (χ2n) is 18.1. The molecule has 368 valence electrons. The topological polar surface area (TPSA) is 111 Å². The lowest BCUT2D eigenvalue weighted by atomic mass is 10.0. The molecule has 0 radical (unpaired) electrons. The number of likely N-dealkylation sites (N-methyl/N-ethyl adjacent to an activating group) is 1. The molecule has 0 aliphatic carbocycles. The Labute approximate surface area is 392 Å². The molecule has 0 spiro atoms. The minimum absolute atomic E-state index is 0.141. The summed E-state index contributed by atoms with van der Waals surface area (Å²) in [5, 5.41) is 11.7. The fourth-order valence-corrected chi connectivity index (χ4v) is 6.73. The zero-order valence-electron chi connectivity index (χ0n) is 41.6. The van der Waals surface area contributed by atoms with Gasteiger partial charge in [0.1, 0.15) is 13.2 Å². The second-order valence-corrected chi connectivity index (χ2v) is 18.1. The van der Waals surface area contributed by atoms with Gasteiger partial charge in [0, 0.05) is 12.8 Å². The summed E-state index contributed by atoms with van der Waals surface area (Å²) in [5.41, 5.74) is 0. The number of rotatable bonds is 46. The van der Waals surface area contributed by atoms with E-state index in [1.165, 1.54) is 70.6 Å². The number of carbonyl (C=O) groups excluding carboxylic acids is 3. The average Bonchev–Trinajstić information content (AvgIpc) is 3.26. The number of quaternary nitrogens is 1. The molecular formula is C55H95NO8. The third kappa shape index (κ3) is 46.7. The number of ether oxygens (including phenoxy) is 4. The molecule has 0 fully saturated rings. The van der Waals surface area contributed by atoms with Gasteiger partial charge in [-0.05, 0) is 83.5 Å². The van der Waals surface area contributed by atoms with Crippen molar-refractivity contribution in [3.05, 3.63) is 72.9 Å². The molecule has 0 saturated heterocycles. The molecule has 2 atom stereocenters. The summed E-state index contributed by atoms with van der Waals surface area (Å²) < 4.78 is 22.6. The van der Waals surface area contributed by atoms with Crippen molar-refractivity contribution in [2.75, 3.05) is 47.5 Å². The smallest absolute Gasteiger partial charge is 0.306 e. The quantitative estimate of drug-likeness (QED) is 0.0195. The van der Waals surface area contributed by atoms with E-state index in [9.17, 15) is 19.5 Å². The molecule has 0 aliphatic rings. The van der Waals surface area contributed by atoms with Crippen LogP contribution >= 0.6 is 0 Å². The molecular weight excluding hydrogens is 803 g/mol. The number of esters is 2.